The van der Waals surface area contributed by atoms with Gasteiger partial charge >= 0.3 is 0 Å². The van der Waals surface area contributed by atoms with E-state index in [1.54, 1.807) is 24.2 Å². The molecule has 0 radical (unpaired) electrons. The summed E-state index contributed by atoms with van der Waals surface area (Å²) in [6.07, 6.45) is 6.52. The number of fused-ring (bicyclic) bond motifs is 1. The molecule has 1 aliphatic heterocycles. The van der Waals surface area contributed by atoms with Crippen molar-refractivity contribution >= 4 is 40.0 Å². The first-order valence-corrected chi connectivity index (χ1v) is 16.9. The predicted molar refractivity (Wildman–Crippen MR) is 191 cm³/mol. The number of rotatable bonds is 6. The molecule has 4 aromatic rings. The second-order valence-corrected chi connectivity index (χ2v) is 11.4. The van der Waals surface area contributed by atoms with Crippen LogP contribution in [0.2, 0.25) is 0 Å². The third-order valence-electron chi connectivity index (χ3n) is 6.83. The van der Waals surface area contributed by atoms with Crippen LogP contribution in [0, 0.1) is 12.7 Å². The van der Waals surface area contributed by atoms with Crippen molar-refractivity contribution in [2.75, 3.05) is 42.6 Å². The van der Waals surface area contributed by atoms with E-state index in [2.05, 4.69) is 46.6 Å². The van der Waals surface area contributed by atoms with Gasteiger partial charge in [-0.3, -0.25) is 9.78 Å². The van der Waals surface area contributed by atoms with Gasteiger partial charge in [-0.15, -0.1) is 0 Å². The van der Waals surface area contributed by atoms with Gasteiger partial charge in [0, 0.05) is 40.8 Å². The zero-order valence-electron chi connectivity index (χ0n) is 27.9. The molecule has 1 amide bonds. The molecule has 2 heterocycles. The zero-order chi connectivity index (χ0) is 32.5. The Labute approximate surface area is 269 Å². The Morgan fingerprint density at radius 3 is 2.41 bits per heavy atom. The van der Waals surface area contributed by atoms with Crippen molar-refractivity contribution in [2.24, 2.45) is 0 Å². The molecule has 44 heavy (non-hydrogen) atoms. The van der Waals surface area contributed by atoms with Crippen LogP contribution in [0.25, 0.3) is 22.0 Å². The highest BCUT2D eigenvalue weighted by molar-refractivity contribution is 8.00. The van der Waals surface area contributed by atoms with Gasteiger partial charge in [-0.1, -0.05) is 71.4 Å². The number of aryl methyl sites for hydroxylation is 1. The number of hydrogen-bond donors (Lipinski definition) is 1. The number of hydrogen-bond acceptors (Lipinski definition) is 5. The summed E-state index contributed by atoms with van der Waals surface area (Å²) in [5.41, 5.74) is 4.29. The molecule has 1 N–H and O–H groups in total. The summed E-state index contributed by atoms with van der Waals surface area (Å²) in [5.74, 6) is 0.0571. The molecule has 238 valence electrons. The smallest absolute Gasteiger partial charge is 0.258 e. The number of amides is 1. The van der Waals surface area contributed by atoms with Crippen LogP contribution in [0.1, 0.15) is 76.2 Å². The van der Waals surface area contributed by atoms with E-state index in [9.17, 15) is 9.18 Å². The Balaban J connectivity index is 0.000000597. The number of benzene rings is 3. The number of carbonyl (C=O) groups excluding carboxylic acids is 1. The van der Waals surface area contributed by atoms with Crippen molar-refractivity contribution in [3.8, 4) is 11.3 Å². The van der Waals surface area contributed by atoms with Crippen LogP contribution in [-0.2, 0) is 0 Å². The number of carbonyl (C=O) groups is 1. The maximum Gasteiger partial charge on any atom is 0.258 e. The van der Waals surface area contributed by atoms with Gasteiger partial charge in [-0.05, 0) is 106 Å². The zero-order valence-corrected chi connectivity index (χ0v) is 28.7. The largest absolute Gasteiger partial charge is 0.322 e. The van der Waals surface area contributed by atoms with Crippen molar-refractivity contribution in [1.29, 1.82) is 0 Å². The third-order valence-corrected chi connectivity index (χ3v) is 8.01. The molecule has 7 heteroatoms. The predicted octanol–water partition coefficient (Wildman–Crippen LogP) is 10.3. The Kier molecular flexibility index (Phi) is 16.5. The van der Waals surface area contributed by atoms with E-state index in [-0.39, 0.29) is 5.56 Å². The molecule has 0 spiro atoms. The number of pyridine rings is 1. The van der Waals surface area contributed by atoms with Crippen LogP contribution < -0.4 is 9.62 Å². The van der Waals surface area contributed by atoms with Gasteiger partial charge in [0.15, 0.2) is 0 Å². The van der Waals surface area contributed by atoms with Crippen LogP contribution >= 0.6 is 11.9 Å². The molecule has 5 rings (SSSR count). The van der Waals surface area contributed by atoms with Crippen LogP contribution in [0.15, 0.2) is 72.9 Å². The molecule has 5 nitrogen and oxygen atoms in total. The minimum Gasteiger partial charge on any atom is -0.322 e. The Morgan fingerprint density at radius 2 is 1.73 bits per heavy atom. The first kappa shape index (κ1) is 36.8. The minimum absolute atomic E-state index is 0.0361. The molecule has 0 unspecified atom stereocenters. The van der Waals surface area contributed by atoms with Crippen LogP contribution in [-0.4, -0.2) is 48.7 Å². The first-order valence-electron chi connectivity index (χ1n) is 16.0. The number of nitrogens with zero attached hydrogens (tertiary/aromatic N) is 3. The van der Waals surface area contributed by atoms with E-state index in [1.165, 1.54) is 31.9 Å². The Hall–Kier alpha value is -3.42. The van der Waals surface area contributed by atoms with Gasteiger partial charge in [-0.2, -0.15) is 0 Å². The highest BCUT2D eigenvalue weighted by Crippen LogP contribution is 2.32. The van der Waals surface area contributed by atoms with E-state index in [0.717, 1.165) is 52.0 Å². The van der Waals surface area contributed by atoms with Crippen LogP contribution in [0.3, 0.4) is 0 Å². The topological polar surface area (TPSA) is 48.5 Å². The van der Waals surface area contributed by atoms with Crippen LogP contribution in [0.5, 0.6) is 0 Å². The molecule has 3 aromatic carbocycles. The van der Waals surface area contributed by atoms with E-state index < -0.39 is 11.7 Å². The van der Waals surface area contributed by atoms with Gasteiger partial charge < -0.3 is 14.5 Å². The van der Waals surface area contributed by atoms with Gasteiger partial charge in [-0.25, -0.2) is 4.39 Å². The molecule has 0 bridgehead atoms. The lowest BCUT2D eigenvalue weighted by Gasteiger charge is -2.21. The summed E-state index contributed by atoms with van der Waals surface area (Å²) in [7, 11) is 4.17. The minimum atomic E-state index is -0.511. The third kappa shape index (κ3) is 10.6. The summed E-state index contributed by atoms with van der Waals surface area (Å²) >= 11 is 1.72. The fraction of sp³-hybridized carbons (Fsp3) is 0.405. The summed E-state index contributed by atoms with van der Waals surface area (Å²) in [4.78, 5) is 19.7. The Bertz CT molecular complexity index is 1430. The van der Waals surface area contributed by atoms with E-state index in [1.807, 2.05) is 83.1 Å². The number of nitrogens with one attached hydrogen (secondary N) is 1. The average Bonchev–Trinajstić information content (AvgIpc) is 3.34. The fourth-order valence-electron chi connectivity index (χ4n) is 4.76. The lowest BCUT2D eigenvalue weighted by molar-refractivity contribution is 0.102. The van der Waals surface area contributed by atoms with Crippen molar-refractivity contribution in [1.82, 2.24) is 9.88 Å². The molecular formula is C37H51FN4OS. The van der Waals surface area contributed by atoms with Gasteiger partial charge in [0.2, 0.25) is 0 Å². The molecule has 1 aromatic heterocycles. The maximum absolute atomic E-state index is 14.9. The summed E-state index contributed by atoms with van der Waals surface area (Å²) in [6.45, 7) is 14.3. The SMILES string of the molecule is CC.CC.CCCN(C)C.Cc1ccc(NC(=O)c2ccc(N3CCCCCS3)cc2F)cc1-c1nccc2ccccc12. The maximum atomic E-state index is 14.9. The molecule has 1 fully saturated rings. The van der Waals surface area contributed by atoms with Crippen LogP contribution in [0.4, 0.5) is 15.8 Å². The van der Waals surface area contributed by atoms with Crippen molar-refractivity contribution < 1.29 is 9.18 Å². The highest BCUT2D eigenvalue weighted by atomic mass is 32.2. The normalized spacial score (nSPS) is 12.5. The highest BCUT2D eigenvalue weighted by Gasteiger charge is 2.17. The standard InChI is InChI=1S/C28H26FN3OS.C5H13N.2C2H6/c1-19-9-10-21(17-25(19)27-23-8-4-3-7-20(23)13-14-30-27)31-28(33)24-12-11-22(18-26(24)29)32-15-5-2-6-16-34-32;1-4-5-6(2)3;2*1-2/h3-4,7-14,17-18H,2,5-6,15-16H2,1H3,(H,31,33);4-5H2,1-3H3;2*1-2H3. The van der Waals surface area contributed by atoms with Gasteiger partial charge in [0.1, 0.15) is 5.82 Å². The van der Waals surface area contributed by atoms with E-state index in [0.29, 0.717) is 5.69 Å². The summed E-state index contributed by atoms with van der Waals surface area (Å²) in [6, 6.07) is 20.6. The average molecular weight is 619 g/mol. The van der Waals surface area contributed by atoms with Crippen molar-refractivity contribution in [2.45, 2.75) is 67.2 Å². The lowest BCUT2D eigenvalue weighted by atomic mass is 9.99. The lowest BCUT2D eigenvalue weighted by Crippen LogP contribution is -2.17. The molecule has 0 aliphatic carbocycles. The number of halogens is 1. The number of aromatic nitrogens is 1. The fourth-order valence-corrected chi connectivity index (χ4v) is 5.83. The number of anilines is 2. The van der Waals surface area contributed by atoms with Crippen molar-refractivity contribution in [3.63, 3.8) is 0 Å². The monoisotopic (exact) mass is 618 g/mol. The molecule has 1 saturated heterocycles. The molecule has 0 atom stereocenters. The molecular weight excluding hydrogens is 567 g/mol. The first-order chi connectivity index (χ1) is 21.4. The Morgan fingerprint density at radius 1 is 0.977 bits per heavy atom. The summed E-state index contributed by atoms with van der Waals surface area (Å²) in [5, 5.41) is 5.02. The summed E-state index contributed by atoms with van der Waals surface area (Å²) < 4.78 is 17.1. The van der Waals surface area contributed by atoms with Gasteiger partial charge in [0.25, 0.3) is 5.91 Å². The van der Waals surface area contributed by atoms with E-state index in [4.69, 9.17) is 0 Å². The van der Waals surface area contributed by atoms with Crippen molar-refractivity contribution in [3.05, 3.63) is 89.9 Å². The second-order valence-electron chi connectivity index (χ2n) is 10.3. The second kappa shape index (κ2) is 19.8. The van der Waals surface area contributed by atoms with Gasteiger partial charge in [0.05, 0.1) is 11.3 Å². The quantitative estimate of drug-likeness (QED) is 0.218. The molecule has 1 aliphatic rings. The van der Waals surface area contributed by atoms with E-state index >= 15 is 0 Å². The molecule has 0 saturated carbocycles.